The van der Waals surface area contributed by atoms with E-state index in [1.54, 1.807) is 0 Å². The van der Waals surface area contributed by atoms with Gasteiger partial charge in [0.25, 0.3) is 0 Å². The van der Waals surface area contributed by atoms with Crippen LogP contribution in [-0.4, -0.2) is 35.2 Å². The highest BCUT2D eigenvalue weighted by molar-refractivity contribution is 4.87. The summed E-state index contributed by atoms with van der Waals surface area (Å²) in [6, 6.07) is 0.642. The van der Waals surface area contributed by atoms with Crippen LogP contribution < -0.4 is 0 Å². The molecule has 0 amide bonds. The molecule has 0 bridgehead atoms. The van der Waals surface area contributed by atoms with Crippen LogP contribution in [0.3, 0.4) is 0 Å². The van der Waals surface area contributed by atoms with Gasteiger partial charge < -0.3 is 10.0 Å². The first-order chi connectivity index (χ1) is 8.89. The molecule has 3 unspecified atom stereocenters. The number of rotatable bonds is 7. The van der Waals surface area contributed by atoms with Crippen molar-refractivity contribution >= 4 is 0 Å². The lowest BCUT2D eigenvalue weighted by atomic mass is 9.70. The van der Waals surface area contributed by atoms with Crippen molar-refractivity contribution in [2.75, 3.05) is 13.1 Å². The van der Waals surface area contributed by atoms with Gasteiger partial charge in [0.15, 0.2) is 0 Å². The number of unbranched alkanes of at least 4 members (excludes halogenated alkanes) is 1. The Morgan fingerprint density at radius 2 is 2.00 bits per heavy atom. The highest BCUT2D eigenvalue weighted by atomic mass is 16.3. The summed E-state index contributed by atoms with van der Waals surface area (Å²) in [5.74, 6) is 0.467. The van der Waals surface area contributed by atoms with Crippen molar-refractivity contribution in [2.45, 2.75) is 85.3 Å². The van der Waals surface area contributed by atoms with E-state index in [9.17, 15) is 5.11 Å². The van der Waals surface area contributed by atoms with Crippen LogP contribution in [-0.2, 0) is 0 Å². The van der Waals surface area contributed by atoms with E-state index in [1.807, 2.05) is 0 Å². The van der Waals surface area contributed by atoms with Gasteiger partial charge in [-0.25, -0.2) is 0 Å². The van der Waals surface area contributed by atoms with Gasteiger partial charge in [0.2, 0.25) is 0 Å². The van der Waals surface area contributed by atoms with Gasteiger partial charge in [0.05, 0.1) is 6.10 Å². The molecule has 2 nitrogen and oxygen atoms in total. The minimum atomic E-state index is -0.0822. The van der Waals surface area contributed by atoms with Gasteiger partial charge >= 0.3 is 0 Å². The quantitative estimate of drug-likeness (QED) is 0.753. The summed E-state index contributed by atoms with van der Waals surface area (Å²) in [5.41, 5.74) is 0.412. The fourth-order valence-electron chi connectivity index (χ4n) is 3.32. The number of nitrogens with zero attached hydrogens (tertiary/aromatic N) is 1. The van der Waals surface area contributed by atoms with E-state index in [2.05, 4.69) is 39.5 Å². The maximum Gasteiger partial charge on any atom is 0.0581 e. The van der Waals surface area contributed by atoms with E-state index in [4.69, 9.17) is 0 Å². The van der Waals surface area contributed by atoms with Crippen molar-refractivity contribution in [3.05, 3.63) is 0 Å². The SMILES string of the molecule is CCCCN(CC1CC(C)(C)CCC1O)C(C)CC. The number of hydrogen-bond acceptors (Lipinski definition) is 2. The molecule has 0 spiro atoms. The molecule has 1 aliphatic carbocycles. The molecule has 0 aromatic rings. The monoisotopic (exact) mass is 269 g/mol. The Bertz CT molecular complexity index is 252. The first kappa shape index (κ1) is 17.0. The van der Waals surface area contributed by atoms with Crippen LogP contribution >= 0.6 is 0 Å². The second-order valence-electron chi connectivity index (χ2n) is 7.34. The maximum atomic E-state index is 10.3. The second kappa shape index (κ2) is 7.64. The minimum Gasteiger partial charge on any atom is -0.393 e. The Morgan fingerprint density at radius 1 is 1.32 bits per heavy atom. The van der Waals surface area contributed by atoms with Crippen LogP contribution in [0, 0.1) is 11.3 Å². The molecule has 3 atom stereocenters. The van der Waals surface area contributed by atoms with Gasteiger partial charge in [-0.15, -0.1) is 0 Å². The Kier molecular flexibility index (Phi) is 6.82. The van der Waals surface area contributed by atoms with E-state index in [0.29, 0.717) is 17.4 Å². The van der Waals surface area contributed by atoms with Gasteiger partial charge in [0.1, 0.15) is 0 Å². The summed E-state index contributed by atoms with van der Waals surface area (Å²) in [4.78, 5) is 2.61. The first-order valence-electron chi connectivity index (χ1n) is 8.31. The molecule has 19 heavy (non-hydrogen) atoms. The molecule has 1 saturated carbocycles. The van der Waals surface area contributed by atoms with Crippen molar-refractivity contribution in [1.82, 2.24) is 4.90 Å². The van der Waals surface area contributed by atoms with Crippen LogP contribution in [0.2, 0.25) is 0 Å². The lowest BCUT2D eigenvalue weighted by molar-refractivity contribution is -0.00208. The Balaban J connectivity index is 2.60. The summed E-state index contributed by atoms with van der Waals surface area (Å²) in [5, 5.41) is 10.3. The molecule has 0 radical (unpaired) electrons. The summed E-state index contributed by atoms with van der Waals surface area (Å²) < 4.78 is 0. The number of aliphatic hydroxyl groups excluding tert-OH is 1. The van der Waals surface area contributed by atoms with E-state index >= 15 is 0 Å². The van der Waals surface area contributed by atoms with Crippen LogP contribution in [0.1, 0.15) is 73.1 Å². The van der Waals surface area contributed by atoms with Crippen LogP contribution in [0.5, 0.6) is 0 Å². The standard InChI is InChI=1S/C17H35NO/c1-6-8-11-18(14(3)7-2)13-15-12-17(4,5)10-9-16(15)19/h14-16,19H,6-13H2,1-5H3. The van der Waals surface area contributed by atoms with E-state index < -0.39 is 0 Å². The van der Waals surface area contributed by atoms with E-state index in [-0.39, 0.29) is 6.10 Å². The molecule has 2 heteroatoms. The Hall–Kier alpha value is -0.0800. The van der Waals surface area contributed by atoms with E-state index in [1.165, 1.54) is 38.6 Å². The third-order valence-corrected chi connectivity index (χ3v) is 4.96. The summed E-state index contributed by atoms with van der Waals surface area (Å²) in [6.07, 6.45) is 6.98. The predicted octanol–water partition coefficient (Wildman–Crippen LogP) is 4.07. The average Bonchev–Trinajstić information content (AvgIpc) is 2.37. The molecule has 0 aliphatic heterocycles. The maximum absolute atomic E-state index is 10.3. The zero-order chi connectivity index (χ0) is 14.5. The number of hydrogen-bond donors (Lipinski definition) is 1. The third kappa shape index (κ3) is 5.43. The molecule has 1 aliphatic rings. The van der Waals surface area contributed by atoms with Crippen LogP contribution in [0.25, 0.3) is 0 Å². The van der Waals surface area contributed by atoms with Crippen molar-refractivity contribution in [1.29, 1.82) is 0 Å². The zero-order valence-electron chi connectivity index (χ0n) is 13.8. The summed E-state index contributed by atoms with van der Waals surface area (Å²) in [7, 11) is 0. The molecule has 0 heterocycles. The van der Waals surface area contributed by atoms with Gasteiger partial charge in [-0.2, -0.15) is 0 Å². The smallest absolute Gasteiger partial charge is 0.0581 e. The zero-order valence-corrected chi connectivity index (χ0v) is 13.8. The summed E-state index contributed by atoms with van der Waals surface area (Å²) in [6.45, 7) is 13.8. The molecule has 1 N–H and O–H groups in total. The Labute approximate surface area is 120 Å². The van der Waals surface area contributed by atoms with Crippen LogP contribution in [0.4, 0.5) is 0 Å². The first-order valence-corrected chi connectivity index (χ1v) is 8.31. The fourth-order valence-corrected chi connectivity index (χ4v) is 3.32. The lowest BCUT2D eigenvalue weighted by Gasteiger charge is -2.42. The molecule has 1 fully saturated rings. The molecule has 0 saturated heterocycles. The normalized spacial score (nSPS) is 28.6. The highest BCUT2D eigenvalue weighted by Gasteiger charge is 2.35. The molecule has 114 valence electrons. The second-order valence-corrected chi connectivity index (χ2v) is 7.34. The third-order valence-electron chi connectivity index (χ3n) is 4.96. The molecular formula is C17H35NO. The van der Waals surface area contributed by atoms with Crippen molar-refractivity contribution in [2.24, 2.45) is 11.3 Å². The summed E-state index contributed by atoms with van der Waals surface area (Å²) >= 11 is 0. The average molecular weight is 269 g/mol. The van der Waals surface area contributed by atoms with E-state index in [0.717, 1.165) is 13.0 Å². The van der Waals surface area contributed by atoms with Gasteiger partial charge in [0, 0.05) is 12.6 Å². The fraction of sp³-hybridized carbons (Fsp3) is 1.00. The predicted molar refractivity (Wildman–Crippen MR) is 83.4 cm³/mol. The Morgan fingerprint density at radius 3 is 2.58 bits per heavy atom. The van der Waals surface area contributed by atoms with Crippen molar-refractivity contribution in [3.8, 4) is 0 Å². The molecule has 1 rings (SSSR count). The molecule has 0 aromatic heterocycles. The lowest BCUT2D eigenvalue weighted by Crippen LogP contribution is -2.44. The van der Waals surface area contributed by atoms with Gasteiger partial charge in [-0.1, -0.05) is 34.1 Å². The van der Waals surface area contributed by atoms with Crippen LogP contribution in [0.15, 0.2) is 0 Å². The highest BCUT2D eigenvalue weighted by Crippen LogP contribution is 2.39. The van der Waals surface area contributed by atoms with Crippen molar-refractivity contribution in [3.63, 3.8) is 0 Å². The van der Waals surface area contributed by atoms with Gasteiger partial charge in [-0.05, 0) is 56.9 Å². The molecular weight excluding hydrogens is 234 g/mol. The minimum absolute atomic E-state index is 0.0822. The number of aliphatic hydroxyl groups is 1. The largest absolute Gasteiger partial charge is 0.393 e. The topological polar surface area (TPSA) is 23.5 Å². The molecule has 0 aromatic carbocycles. The van der Waals surface area contributed by atoms with Gasteiger partial charge in [-0.3, -0.25) is 0 Å². The van der Waals surface area contributed by atoms with Crippen molar-refractivity contribution < 1.29 is 5.11 Å².